The van der Waals surface area contributed by atoms with Crippen molar-refractivity contribution >= 4 is 11.3 Å². The lowest BCUT2D eigenvalue weighted by molar-refractivity contribution is 0.0518. The molecule has 1 saturated carbocycles. The van der Waals surface area contributed by atoms with Crippen LogP contribution in [0, 0.1) is 5.92 Å². The maximum atomic E-state index is 3.80. The van der Waals surface area contributed by atoms with Crippen molar-refractivity contribution in [2.45, 2.75) is 51.2 Å². The molecule has 3 rings (SSSR count). The first kappa shape index (κ1) is 12.6. The van der Waals surface area contributed by atoms with E-state index in [2.05, 4.69) is 47.8 Å². The average molecular weight is 264 g/mol. The van der Waals surface area contributed by atoms with Gasteiger partial charge in [-0.05, 0) is 61.9 Å². The molecule has 3 heteroatoms. The Labute approximate surface area is 114 Å². The summed E-state index contributed by atoms with van der Waals surface area (Å²) in [6.07, 6.45) is 2.83. The third-order valence-electron chi connectivity index (χ3n) is 4.88. The molecule has 0 amide bonds. The van der Waals surface area contributed by atoms with Crippen molar-refractivity contribution in [1.29, 1.82) is 0 Å². The molecular formula is C15H24N2S. The number of piperazine rings is 1. The van der Waals surface area contributed by atoms with E-state index in [-0.39, 0.29) is 0 Å². The summed E-state index contributed by atoms with van der Waals surface area (Å²) >= 11 is 1.81. The van der Waals surface area contributed by atoms with Crippen LogP contribution in [0.5, 0.6) is 0 Å². The summed E-state index contributed by atoms with van der Waals surface area (Å²) in [6, 6.07) is 3.46. The molecule has 1 aromatic rings. The maximum absolute atomic E-state index is 3.80. The van der Waals surface area contributed by atoms with Crippen molar-refractivity contribution in [3.63, 3.8) is 0 Å². The van der Waals surface area contributed by atoms with E-state index in [0.717, 1.165) is 12.5 Å². The lowest BCUT2D eigenvalue weighted by atomic mass is 9.89. The first-order valence-corrected chi connectivity index (χ1v) is 8.07. The molecule has 1 aliphatic carbocycles. The van der Waals surface area contributed by atoms with Gasteiger partial charge in [-0.1, -0.05) is 0 Å². The van der Waals surface area contributed by atoms with Crippen LogP contribution in [0.15, 0.2) is 16.8 Å². The van der Waals surface area contributed by atoms with Gasteiger partial charge >= 0.3 is 0 Å². The van der Waals surface area contributed by atoms with Crippen molar-refractivity contribution in [3.05, 3.63) is 22.4 Å². The van der Waals surface area contributed by atoms with Crippen molar-refractivity contribution in [1.82, 2.24) is 10.2 Å². The van der Waals surface area contributed by atoms with E-state index in [4.69, 9.17) is 0 Å². The van der Waals surface area contributed by atoms with Crippen LogP contribution >= 0.6 is 11.3 Å². The zero-order valence-corrected chi connectivity index (χ0v) is 12.5. The number of hydrogen-bond donors (Lipinski definition) is 1. The van der Waals surface area contributed by atoms with Crippen molar-refractivity contribution in [2.75, 3.05) is 13.1 Å². The highest BCUT2D eigenvalue weighted by Crippen LogP contribution is 2.42. The van der Waals surface area contributed by atoms with E-state index < -0.39 is 0 Å². The zero-order valence-electron chi connectivity index (χ0n) is 11.6. The molecule has 2 heterocycles. The lowest BCUT2D eigenvalue weighted by Gasteiger charge is -2.48. The van der Waals surface area contributed by atoms with Crippen molar-refractivity contribution in [3.8, 4) is 0 Å². The van der Waals surface area contributed by atoms with Gasteiger partial charge in [0, 0.05) is 30.7 Å². The third kappa shape index (κ3) is 2.24. The normalized spacial score (nSPS) is 35.6. The molecule has 100 valence electrons. The molecule has 2 fully saturated rings. The second-order valence-electron chi connectivity index (χ2n) is 6.33. The van der Waals surface area contributed by atoms with Gasteiger partial charge in [-0.2, -0.15) is 11.3 Å². The van der Waals surface area contributed by atoms with Gasteiger partial charge < -0.3 is 5.32 Å². The van der Waals surface area contributed by atoms with Crippen molar-refractivity contribution < 1.29 is 0 Å². The highest BCUT2D eigenvalue weighted by molar-refractivity contribution is 7.07. The Bertz CT molecular complexity index is 399. The fourth-order valence-electron chi connectivity index (χ4n) is 3.31. The Kier molecular flexibility index (Phi) is 3.25. The van der Waals surface area contributed by atoms with E-state index >= 15 is 0 Å². The Balaban J connectivity index is 1.77. The number of hydrogen-bond acceptors (Lipinski definition) is 3. The predicted molar refractivity (Wildman–Crippen MR) is 78.0 cm³/mol. The second-order valence-corrected chi connectivity index (χ2v) is 7.11. The van der Waals surface area contributed by atoms with Gasteiger partial charge in [-0.15, -0.1) is 0 Å². The zero-order chi connectivity index (χ0) is 12.8. The molecule has 2 aliphatic rings. The number of nitrogens with one attached hydrogen (secondary N) is 1. The smallest absolute Gasteiger partial charge is 0.0332 e. The molecule has 2 nitrogen and oxygen atoms in total. The summed E-state index contributed by atoms with van der Waals surface area (Å²) < 4.78 is 0. The van der Waals surface area contributed by atoms with E-state index in [9.17, 15) is 0 Å². The minimum atomic E-state index is 0.344. The van der Waals surface area contributed by atoms with Gasteiger partial charge in [-0.3, -0.25) is 4.90 Å². The largest absolute Gasteiger partial charge is 0.308 e. The topological polar surface area (TPSA) is 15.3 Å². The molecular weight excluding hydrogens is 240 g/mol. The highest BCUT2D eigenvalue weighted by Gasteiger charge is 2.46. The van der Waals surface area contributed by atoms with E-state index in [1.165, 1.54) is 24.9 Å². The molecule has 0 bridgehead atoms. The molecule has 3 atom stereocenters. The summed E-state index contributed by atoms with van der Waals surface area (Å²) in [4.78, 5) is 2.69. The van der Waals surface area contributed by atoms with Gasteiger partial charge in [0.2, 0.25) is 0 Å². The Hall–Kier alpha value is -0.380. The van der Waals surface area contributed by atoms with Gasteiger partial charge in [0.25, 0.3) is 0 Å². The van der Waals surface area contributed by atoms with Gasteiger partial charge in [0.1, 0.15) is 0 Å². The van der Waals surface area contributed by atoms with Crippen LogP contribution in [-0.2, 0) is 0 Å². The van der Waals surface area contributed by atoms with Gasteiger partial charge in [-0.25, -0.2) is 0 Å². The molecule has 0 aromatic carbocycles. The van der Waals surface area contributed by atoms with Crippen LogP contribution in [0.3, 0.4) is 0 Å². The Morgan fingerprint density at radius 2 is 2.28 bits per heavy atom. The fraction of sp³-hybridized carbons (Fsp3) is 0.733. The SMILES string of the molecule is CC1CNC(C)(C2CC2)CN1C(C)c1ccsc1. The molecule has 3 unspecified atom stereocenters. The van der Waals surface area contributed by atoms with E-state index in [1.807, 2.05) is 11.3 Å². The Morgan fingerprint density at radius 1 is 1.50 bits per heavy atom. The molecule has 1 saturated heterocycles. The summed E-state index contributed by atoms with van der Waals surface area (Å²) in [6.45, 7) is 9.45. The predicted octanol–water partition coefficient (Wildman–Crippen LogP) is 3.27. The van der Waals surface area contributed by atoms with Crippen LogP contribution in [-0.4, -0.2) is 29.6 Å². The second kappa shape index (κ2) is 4.62. The molecule has 1 aromatic heterocycles. The lowest BCUT2D eigenvalue weighted by Crippen LogP contribution is -2.63. The minimum Gasteiger partial charge on any atom is -0.308 e. The van der Waals surface area contributed by atoms with E-state index in [1.54, 1.807) is 0 Å². The summed E-state index contributed by atoms with van der Waals surface area (Å²) in [7, 11) is 0. The average Bonchev–Trinajstić information content (AvgIpc) is 3.09. The molecule has 0 spiro atoms. The molecule has 18 heavy (non-hydrogen) atoms. The number of rotatable bonds is 3. The van der Waals surface area contributed by atoms with Gasteiger partial charge in [0.15, 0.2) is 0 Å². The number of nitrogens with zero attached hydrogens (tertiary/aromatic N) is 1. The van der Waals surface area contributed by atoms with Crippen molar-refractivity contribution in [2.24, 2.45) is 5.92 Å². The van der Waals surface area contributed by atoms with E-state index in [0.29, 0.717) is 17.6 Å². The fourth-order valence-corrected chi connectivity index (χ4v) is 4.05. The van der Waals surface area contributed by atoms with Crippen LogP contribution in [0.4, 0.5) is 0 Å². The van der Waals surface area contributed by atoms with Crippen LogP contribution < -0.4 is 5.32 Å². The summed E-state index contributed by atoms with van der Waals surface area (Å²) in [5.41, 5.74) is 1.82. The third-order valence-corrected chi connectivity index (χ3v) is 5.58. The standard InChI is InChI=1S/C15H24N2S/c1-11-8-16-15(3,14-4-5-14)10-17(11)12(2)13-6-7-18-9-13/h6-7,9,11-12,14,16H,4-5,8,10H2,1-3H3. The van der Waals surface area contributed by atoms with Crippen LogP contribution in [0.1, 0.15) is 45.2 Å². The summed E-state index contributed by atoms with van der Waals surface area (Å²) in [5, 5.41) is 8.29. The van der Waals surface area contributed by atoms with Crippen LogP contribution in [0.25, 0.3) is 0 Å². The molecule has 0 radical (unpaired) electrons. The van der Waals surface area contributed by atoms with Crippen LogP contribution in [0.2, 0.25) is 0 Å². The molecule has 1 aliphatic heterocycles. The first-order chi connectivity index (χ1) is 8.60. The maximum Gasteiger partial charge on any atom is 0.0332 e. The van der Waals surface area contributed by atoms with Gasteiger partial charge in [0.05, 0.1) is 0 Å². The monoisotopic (exact) mass is 264 g/mol. The first-order valence-electron chi connectivity index (χ1n) is 7.13. The minimum absolute atomic E-state index is 0.344. The molecule has 1 N–H and O–H groups in total. The Morgan fingerprint density at radius 3 is 2.89 bits per heavy atom. The quantitative estimate of drug-likeness (QED) is 0.901. The summed E-state index contributed by atoms with van der Waals surface area (Å²) in [5.74, 6) is 0.905. The highest BCUT2D eigenvalue weighted by atomic mass is 32.1. The number of thiophene rings is 1.